The number of hydrogen-bond acceptors (Lipinski definition) is 15. The van der Waals surface area contributed by atoms with Crippen molar-refractivity contribution in [3.05, 3.63) is 139 Å². The van der Waals surface area contributed by atoms with Crippen LogP contribution in [0.2, 0.25) is 0 Å². The highest BCUT2D eigenvalue weighted by Gasteiger charge is 2.21. The molecule has 6 rings (SSSR count). The molecule has 0 spiro atoms. The summed E-state index contributed by atoms with van der Waals surface area (Å²) in [5.41, 5.74) is 1.81. The van der Waals surface area contributed by atoms with Crippen LogP contribution in [0.25, 0.3) is 21.1 Å². The summed E-state index contributed by atoms with van der Waals surface area (Å²) in [6, 6.07) is 26.4. The van der Waals surface area contributed by atoms with Crippen molar-refractivity contribution in [2.75, 3.05) is 38.0 Å². The Hall–Kier alpha value is -7.39. The first-order valence-corrected chi connectivity index (χ1v) is 27.6. The summed E-state index contributed by atoms with van der Waals surface area (Å²) in [5, 5.41) is 8.67. The van der Waals surface area contributed by atoms with E-state index in [1.165, 1.54) is 56.3 Å². The molecule has 0 unspecified atom stereocenters. The molecule has 0 saturated carbocycles. The van der Waals surface area contributed by atoms with Crippen molar-refractivity contribution >= 4 is 67.7 Å². The Kier molecular flexibility index (Phi) is 25.0. The molecule has 6 aromatic rings. The third-order valence-corrected chi connectivity index (χ3v) is 13.4. The molecule has 4 aromatic carbocycles. The topological polar surface area (TPSA) is 165 Å². The van der Waals surface area contributed by atoms with Crippen LogP contribution >= 0.6 is 11.3 Å². The van der Waals surface area contributed by atoms with Gasteiger partial charge in [-0.25, -0.2) is 34.2 Å². The molecule has 0 aliphatic heterocycles. The van der Waals surface area contributed by atoms with Gasteiger partial charge in [0, 0.05) is 41.2 Å². The number of aromatic nitrogens is 2. The zero-order valence-electron chi connectivity index (χ0n) is 43.9. The second-order valence-corrected chi connectivity index (χ2v) is 19.3. The molecule has 0 bridgehead atoms. The van der Waals surface area contributed by atoms with Gasteiger partial charge in [0.1, 0.15) is 33.3 Å². The van der Waals surface area contributed by atoms with E-state index in [-0.39, 0.29) is 11.5 Å². The predicted octanol–water partition coefficient (Wildman–Crippen LogP) is 14.4. The van der Waals surface area contributed by atoms with Crippen molar-refractivity contribution in [2.45, 2.75) is 122 Å². The van der Waals surface area contributed by atoms with Crippen molar-refractivity contribution in [1.82, 2.24) is 9.97 Å². The van der Waals surface area contributed by atoms with Crippen LogP contribution in [0.4, 0.5) is 5.13 Å². The van der Waals surface area contributed by atoms with Gasteiger partial charge in [0.25, 0.3) is 0 Å². The zero-order valence-corrected chi connectivity index (χ0v) is 44.7. The SMILES string of the molecule is C=CC(=O)OCCCCCCOc1ccc(C(=O)Oc2cc(C=NN(CCCCCCCCCCCC)c3nc4cccnc4s3)c(OC(=O)c3ccc(OCCCCCCOC(=O)C=C)cc3)c3ccccc23)cc1. The van der Waals surface area contributed by atoms with Gasteiger partial charge >= 0.3 is 23.9 Å². The number of ether oxygens (including phenoxy) is 6. The van der Waals surface area contributed by atoms with Gasteiger partial charge in [0.2, 0.25) is 5.13 Å². The van der Waals surface area contributed by atoms with Crippen molar-refractivity contribution in [3.8, 4) is 23.0 Å². The quantitative estimate of drug-likeness (QED) is 0.00912. The van der Waals surface area contributed by atoms with Gasteiger partial charge in [0.15, 0.2) is 0 Å². The summed E-state index contributed by atoms with van der Waals surface area (Å²) in [6.07, 6.45) is 24.4. The van der Waals surface area contributed by atoms with Gasteiger partial charge in [0.05, 0.1) is 43.8 Å². The van der Waals surface area contributed by atoms with Crippen LogP contribution in [0, 0.1) is 0 Å². The molecule has 14 nitrogen and oxygen atoms in total. The number of carbonyl (C=O) groups is 4. The lowest BCUT2D eigenvalue weighted by Crippen LogP contribution is -2.18. The van der Waals surface area contributed by atoms with Crippen molar-refractivity contribution in [2.24, 2.45) is 5.10 Å². The lowest BCUT2D eigenvalue weighted by molar-refractivity contribution is -0.138. The lowest BCUT2D eigenvalue weighted by Gasteiger charge is -2.18. The molecule has 2 aromatic heterocycles. The van der Waals surface area contributed by atoms with E-state index in [0.29, 0.717) is 77.1 Å². The minimum atomic E-state index is -0.596. The van der Waals surface area contributed by atoms with Gasteiger partial charge in [-0.05, 0) is 125 Å². The number of rotatable bonds is 36. The predicted molar refractivity (Wildman–Crippen MR) is 301 cm³/mol. The first-order chi connectivity index (χ1) is 37.3. The fourth-order valence-electron chi connectivity index (χ4n) is 8.23. The van der Waals surface area contributed by atoms with E-state index in [1.54, 1.807) is 67.0 Å². The molecule has 0 aliphatic carbocycles. The largest absolute Gasteiger partial charge is 0.494 e. The Morgan fingerprint density at radius 3 is 1.66 bits per heavy atom. The minimum Gasteiger partial charge on any atom is -0.494 e. The molecule has 0 atom stereocenters. The maximum atomic E-state index is 14.1. The summed E-state index contributed by atoms with van der Waals surface area (Å²) >= 11 is 1.45. The number of esters is 4. The van der Waals surface area contributed by atoms with Crippen molar-refractivity contribution in [3.63, 3.8) is 0 Å². The van der Waals surface area contributed by atoms with E-state index in [0.717, 1.165) is 93.1 Å². The summed E-state index contributed by atoms with van der Waals surface area (Å²) in [6.45, 7) is 11.4. The Bertz CT molecular complexity index is 2780. The van der Waals surface area contributed by atoms with Crippen LogP contribution in [0.5, 0.6) is 23.0 Å². The summed E-state index contributed by atoms with van der Waals surface area (Å²) in [7, 11) is 0. The molecule has 0 fully saturated rings. The molecule has 0 aliphatic rings. The van der Waals surface area contributed by atoms with Gasteiger partial charge in [-0.1, -0.05) is 113 Å². The number of hydrogen-bond donors (Lipinski definition) is 0. The number of nitrogens with zero attached hydrogens (tertiary/aromatic N) is 4. The molecule has 15 heteroatoms. The normalized spacial score (nSPS) is 11.1. The first kappa shape index (κ1) is 57.9. The number of hydrazone groups is 1. The molecule has 76 heavy (non-hydrogen) atoms. The minimum absolute atomic E-state index is 0.242. The Balaban J connectivity index is 1.19. The zero-order chi connectivity index (χ0) is 53.6. The Morgan fingerprint density at radius 2 is 1.11 bits per heavy atom. The highest BCUT2D eigenvalue weighted by molar-refractivity contribution is 7.21. The molecule has 2 heterocycles. The number of fused-ring (bicyclic) bond motifs is 2. The number of carbonyl (C=O) groups excluding carboxylic acids is 4. The molecule has 0 saturated heterocycles. The highest BCUT2D eigenvalue weighted by Crippen LogP contribution is 2.38. The van der Waals surface area contributed by atoms with Crippen LogP contribution in [-0.2, 0) is 19.1 Å². The number of unbranched alkanes of at least 4 members (excludes halogenated alkanes) is 15. The highest BCUT2D eigenvalue weighted by atomic mass is 32.1. The van der Waals surface area contributed by atoms with E-state index < -0.39 is 23.9 Å². The third-order valence-electron chi connectivity index (χ3n) is 12.4. The monoisotopic (exact) mass is 1050 g/mol. The molecule has 0 radical (unpaired) electrons. The Morgan fingerprint density at radius 1 is 0.592 bits per heavy atom. The number of anilines is 1. The number of benzene rings is 4. The maximum Gasteiger partial charge on any atom is 0.343 e. The van der Waals surface area contributed by atoms with E-state index in [9.17, 15) is 19.2 Å². The molecule has 0 amide bonds. The first-order valence-electron chi connectivity index (χ1n) is 26.8. The molecular weight excluding hydrogens is 981 g/mol. The van der Waals surface area contributed by atoms with E-state index >= 15 is 0 Å². The van der Waals surface area contributed by atoms with E-state index in [1.807, 2.05) is 41.4 Å². The van der Waals surface area contributed by atoms with Gasteiger partial charge in [-0.2, -0.15) is 5.10 Å². The van der Waals surface area contributed by atoms with Crippen LogP contribution in [-0.4, -0.2) is 73.0 Å². The molecular formula is C61H72N4O10S. The average molecular weight is 1050 g/mol. The standard InChI is InChI=1S/C61H72N4O10S/c1-4-7-8-9-10-11-12-13-14-21-39-65(61-64-53-29-26-38-62-58(53)76-61)63-45-48-44-54(74-59(68)46-30-34-49(35-31-46)70-40-22-15-17-24-42-72-55(66)5-2)51-27-19-20-28-52(51)57(48)75-60(69)47-32-36-50(37-33-47)71-41-23-16-18-25-43-73-56(67)6-3/h5-6,19-20,26-38,44-45H,2-4,7-18,21-25,39-43H2,1H3. The fourth-order valence-corrected chi connectivity index (χ4v) is 9.12. The lowest BCUT2D eigenvalue weighted by atomic mass is 10.0. The summed E-state index contributed by atoms with van der Waals surface area (Å²) < 4.78 is 34.5. The second kappa shape index (κ2) is 32.8. The molecule has 0 N–H and O–H groups in total. The third kappa shape index (κ3) is 19.4. The smallest absolute Gasteiger partial charge is 0.343 e. The second-order valence-electron chi connectivity index (χ2n) is 18.3. The van der Waals surface area contributed by atoms with Crippen molar-refractivity contribution in [1.29, 1.82) is 0 Å². The van der Waals surface area contributed by atoms with Crippen LogP contribution in [0.3, 0.4) is 0 Å². The number of pyridine rings is 1. The fraction of sp³-hybridized carbons (Fsp3) is 0.393. The van der Waals surface area contributed by atoms with E-state index in [2.05, 4.69) is 25.1 Å². The summed E-state index contributed by atoms with van der Waals surface area (Å²) in [4.78, 5) is 60.7. The van der Waals surface area contributed by atoms with Gasteiger partial charge < -0.3 is 28.4 Å². The number of thiazole rings is 1. The van der Waals surface area contributed by atoms with Gasteiger partial charge in [-0.3, -0.25) is 0 Å². The van der Waals surface area contributed by atoms with Crippen LogP contribution in [0.1, 0.15) is 149 Å². The van der Waals surface area contributed by atoms with Crippen LogP contribution < -0.4 is 24.0 Å². The average Bonchev–Trinajstić information content (AvgIpc) is 3.90. The van der Waals surface area contributed by atoms with Crippen molar-refractivity contribution < 1.29 is 47.6 Å². The van der Waals surface area contributed by atoms with Gasteiger partial charge in [-0.15, -0.1) is 0 Å². The van der Waals surface area contributed by atoms with Crippen LogP contribution in [0.15, 0.2) is 128 Å². The Labute approximate surface area is 451 Å². The maximum absolute atomic E-state index is 14.1. The van der Waals surface area contributed by atoms with E-state index in [4.69, 9.17) is 38.5 Å². The molecule has 402 valence electrons. The summed E-state index contributed by atoms with van der Waals surface area (Å²) in [5.74, 6) is -0.281.